The van der Waals surface area contributed by atoms with Crippen molar-refractivity contribution in [2.75, 3.05) is 25.5 Å². The summed E-state index contributed by atoms with van der Waals surface area (Å²) in [5, 5.41) is 5.25. The maximum absolute atomic E-state index is 13.2. The number of nitrogens with one attached hydrogen (secondary N) is 2. The first-order chi connectivity index (χ1) is 16.4. The van der Waals surface area contributed by atoms with Gasteiger partial charge in [0.25, 0.3) is 0 Å². The monoisotopic (exact) mass is 471 g/mol. The van der Waals surface area contributed by atoms with Gasteiger partial charge < -0.3 is 20.3 Å². The van der Waals surface area contributed by atoms with E-state index < -0.39 is 5.91 Å². The highest BCUT2D eigenvalue weighted by atomic mass is 19.1. The Hall–Kier alpha value is -3.42. The summed E-state index contributed by atoms with van der Waals surface area (Å²) in [6.45, 7) is 1.92. The van der Waals surface area contributed by atoms with Crippen molar-refractivity contribution >= 4 is 23.4 Å². The first-order valence-electron chi connectivity index (χ1n) is 11.6. The molecule has 0 atom stereocenters. The Balaban J connectivity index is 1.88. The number of nitrogens with zero attached hydrogens (tertiary/aromatic N) is 1. The van der Waals surface area contributed by atoms with E-state index in [4.69, 9.17) is 4.74 Å². The topological polar surface area (TPSA) is 87.7 Å². The molecule has 34 heavy (non-hydrogen) atoms. The Bertz CT molecular complexity index is 917. The van der Waals surface area contributed by atoms with Gasteiger partial charge in [0.2, 0.25) is 17.7 Å². The van der Waals surface area contributed by atoms with Crippen molar-refractivity contribution < 1.29 is 23.5 Å². The lowest BCUT2D eigenvalue weighted by molar-refractivity contribution is -0.137. The number of carbonyl (C=O) groups excluding carboxylic acids is 3. The van der Waals surface area contributed by atoms with E-state index in [0.717, 1.165) is 37.7 Å². The SMILES string of the molecule is CCCCCCCC(=O)N(CC(=O)NCC(=O)Nc1ccc(OC)cc1)Cc1ccc(F)cc1. The van der Waals surface area contributed by atoms with E-state index >= 15 is 0 Å². The maximum atomic E-state index is 13.2. The van der Waals surface area contributed by atoms with Crippen LogP contribution in [0.2, 0.25) is 0 Å². The highest BCUT2D eigenvalue weighted by Gasteiger charge is 2.18. The second-order valence-corrected chi connectivity index (χ2v) is 8.09. The van der Waals surface area contributed by atoms with Crippen molar-refractivity contribution in [2.45, 2.75) is 52.0 Å². The van der Waals surface area contributed by atoms with Crippen LogP contribution in [0.25, 0.3) is 0 Å². The summed E-state index contributed by atoms with van der Waals surface area (Å²) >= 11 is 0. The number of methoxy groups -OCH3 is 1. The Labute approximate surface area is 200 Å². The second kappa shape index (κ2) is 14.7. The molecule has 0 aromatic heterocycles. The fraction of sp³-hybridized carbons (Fsp3) is 0.423. The maximum Gasteiger partial charge on any atom is 0.243 e. The lowest BCUT2D eigenvalue weighted by Crippen LogP contribution is -2.42. The molecule has 2 rings (SSSR count). The standard InChI is InChI=1S/C26H34FN3O4/c1-3-4-5-6-7-8-26(33)30(18-20-9-11-21(27)12-10-20)19-25(32)28-17-24(31)29-22-13-15-23(34-2)16-14-22/h9-16H,3-8,17-19H2,1-2H3,(H,28,32)(H,29,31). The number of rotatable bonds is 14. The predicted octanol–water partition coefficient (Wildman–Crippen LogP) is 4.28. The van der Waals surface area contributed by atoms with Crippen LogP contribution in [0.1, 0.15) is 51.0 Å². The molecule has 0 heterocycles. The number of ether oxygens (including phenoxy) is 1. The van der Waals surface area contributed by atoms with Gasteiger partial charge in [-0.25, -0.2) is 4.39 Å². The third kappa shape index (κ3) is 10.0. The number of anilines is 1. The smallest absolute Gasteiger partial charge is 0.243 e. The van der Waals surface area contributed by atoms with E-state index in [-0.39, 0.29) is 37.3 Å². The molecule has 0 saturated heterocycles. The zero-order chi connectivity index (χ0) is 24.8. The summed E-state index contributed by atoms with van der Waals surface area (Å²) in [6, 6.07) is 12.7. The van der Waals surface area contributed by atoms with E-state index in [1.807, 2.05) is 0 Å². The normalized spacial score (nSPS) is 10.4. The number of benzene rings is 2. The highest BCUT2D eigenvalue weighted by molar-refractivity contribution is 5.95. The molecule has 0 aliphatic carbocycles. The molecule has 2 N–H and O–H groups in total. The minimum atomic E-state index is -0.439. The molecular formula is C26H34FN3O4. The first kappa shape index (κ1) is 26.8. The summed E-state index contributed by atoms with van der Waals surface area (Å²) in [4.78, 5) is 38.9. The van der Waals surface area contributed by atoms with Gasteiger partial charge in [0.1, 0.15) is 11.6 Å². The number of carbonyl (C=O) groups is 3. The van der Waals surface area contributed by atoms with Crippen LogP contribution in [0.4, 0.5) is 10.1 Å². The molecule has 3 amide bonds. The van der Waals surface area contributed by atoms with Crippen LogP contribution in [0.3, 0.4) is 0 Å². The van der Waals surface area contributed by atoms with Crippen molar-refractivity contribution in [2.24, 2.45) is 0 Å². The molecule has 7 nitrogen and oxygen atoms in total. The van der Waals surface area contributed by atoms with E-state index in [9.17, 15) is 18.8 Å². The van der Waals surface area contributed by atoms with E-state index in [1.165, 1.54) is 17.0 Å². The molecule has 8 heteroatoms. The fourth-order valence-electron chi connectivity index (χ4n) is 3.37. The van der Waals surface area contributed by atoms with Gasteiger partial charge >= 0.3 is 0 Å². The van der Waals surface area contributed by atoms with Gasteiger partial charge in [-0.2, -0.15) is 0 Å². The lowest BCUT2D eigenvalue weighted by Gasteiger charge is -2.22. The van der Waals surface area contributed by atoms with Crippen LogP contribution in [0.5, 0.6) is 5.75 Å². The number of hydrogen-bond acceptors (Lipinski definition) is 4. The summed E-state index contributed by atoms with van der Waals surface area (Å²) in [5.74, 6) is -0.656. The van der Waals surface area contributed by atoms with Crippen molar-refractivity contribution in [3.63, 3.8) is 0 Å². The fourth-order valence-corrected chi connectivity index (χ4v) is 3.37. The second-order valence-electron chi connectivity index (χ2n) is 8.09. The molecule has 0 fully saturated rings. The molecule has 0 radical (unpaired) electrons. The van der Waals surface area contributed by atoms with E-state index in [0.29, 0.717) is 17.9 Å². The Morgan fingerprint density at radius 1 is 0.912 bits per heavy atom. The Kier molecular flexibility index (Phi) is 11.6. The molecular weight excluding hydrogens is 437 g/mol. The average molecular weight is 472 g/mol. The van der Waals surface area contributed by atoms with Gasteiger partial charge in [0.15, 0.2) is 0 Å². The van der Waals surface area contributed by atoms with Crippen molar-refractivity contribution in [3.8, 4) is 5.75 Å². The van der Waals surface area contributed by atoms with Gasteiger partial charge in [0.05, 0.1) is 20.2 Å². The molecule has 0 aliphatic heterocycles. The van der Waals surface area contributed by atoms with Crippen LogP contribution >= 0.6 is 0 Å². The molecule has 2 aromatic carbocycles. The largest absolute Gasteiger partial charge is 0.497 e. The number of unbranched alkanes of at least 4 members (excludes halogenated alkanes) is 4. The molecule has 0 bridgehead atoms. The molecule has 0 aliphatic rings. The molecule has 184 valence electrons. The zero-order valence-corrected chi connectivity index (χ0v) is 19.9. The minimum Gasteiger partial charge on any atom is -0.497 e. The lowest BCUT2D eigenvalue weighted by atomic mass is 10.1. The van der Waals surface area contributed by atoms with Crippen LogP contribution in [-0.2, 0) is 20.9 Å². The molecule has 0 spiro atoms. The van der Waals surface area contributed by atoms with Crippen LogP contribution in [0, 0.1) is 5.82 Å². The van der Waals surface area contributed by atoms with Crippen LogP contribution in [0.15, 0.2) is 48.5 Å². The summed E-state index contributed by atoms with van der Waals surface area (Å²) in [5.41, 5.74) is 1.31. The quantitative estimate of drug-likeness (QED) is 0.403. The van der Waals surface area contributed by atoms with Gasteiger partial charge in [0, 0.05) is 18.7 Å². The molecule has 2 aromatic rings. The first-order valence-corrected chi connectivity index (χ1v) is 11.6. The minimum absolute atomic E-state index is 0.140. The number of halogens is 1. The van der Waals surface area contributed by atoms with Gasteiger partial charge in [-0.3, -0.25) is 14.4 Å². The van der Waals surface area contributed by atoms with Crippen molar-refractivity contribution in [1.82, 2.24) is 10.2 Å². The summed E-state index contributed by atoms with van der Waals surface area (Å²) in [6.07, 6.45) is 5.39. The third-order valence-electron chi connectivity index (χ3n) is 5.29. The number of hydrogen-bond donors (Lipinski definition) is 2. The third-order valence-corrected chi connectivity index (χ3v) is 5.29. The van der Waals surface area contributed by atoms with Gasteiger partial charge in [-0.05, 0) is 48.4 Å². The van der Waals surface area contributed by atoms with Crippen LogP contribution < -0.4 is 15.4 Å². The zero-order valence-electron chi connectivity index (χ0n) is 19.9. The Morgan fingerprint density at radius 3 is 2.24 bits per heavy atom. The van der Waals surface area contributed by atoms with Crippen LogP contribution in [-0.4, -0.2) is 42.8 Å². The molecule has 0 unspecified atom stereocenters. The Morgan fingerprint density at radius 2 is 1.59 bits per heavy atom. The van der Waals surface area contributed by atoms with E-state index in [2.05, 4.69) is 17.6 Å². The van der Waals surface area contributed by atoms with Crippen molar-refractivity contribution in [1.29, 1.82) is 0 Å². The average Bonchev–Trinajstić information content (AvgIpc) is 2.84. The van der Waals surface area contributed by atoms with Gasteiger partial charge in [-0.15, -0.1) is 0 Å². The predicted molar refractivity (Wildman–Crippen MR) is 130 cm³/mol. The number of amides is 3. The van der Waals surface area contributed by atoms with E-state index in [1.54, 1.807) is 43.5 Å². The summed E-state index contributed by atoms with van der Waals surface area (Å²) in [7, 11) is 1.56. The molecule has 0 saturated carbocycles. The van der Waals surface area contributed by atoms with Gasteiger partial charge in [-0.1, -0.05) is 44.7 Å². The van der Waals surface area contributed by atoms with Crippen molar-refractivity contribution in [3.05, 3.63) is 59.9 Å². The highest BCUT2D eigenvalue weighted by Crippen LogP contribution is 2.15. The summed E-state index contributed by atoms with van der Waals surface area (Å²) < 4.78 is 18.3.